The Morgan fingerprint density at radius 1 is 1.41 bits per heavy atom. The average molecular weight is 336 g/mol. The second kappa shape index (κ2) is 5.63. The van der Waals surface area contributed by atoms with Gasteiger partial charge in [-0.05, 0) is 42.0 Å². The van der Waals surface area contributed by atoms with Crippen molar-refractivity contribution in [1.29, 1.82) is 0 Å². The van der Waals surface area contributed by atoms with Crippen molar-refractivity contribution >= 4 is 38.9 Å². The van der Waals surface area contributed by atoms with Gasteiger partial charge in [-0.2, -0.15) is 0 Å². The predicted molar refractivity (Wildman–Crippen MR) is 81.4 cm³/mol. The van der Waals surface area contributed by atoms with Gasteiger partial charge in [0, 0.05) is 4.88 Å². The summed E-state index contributed by atoms with van der Waals surface area (Å²) in [6.07, 6.45) is 6.73. The molecular formula is C14H20BrClS. The normalized spacial score (nSPS) is 21.0. The summed E-state index contributed by atoms with van der Waals surface area (Å²) < 4.78 is 0. The first kappa shape index (κ1) is 13.9. The van der Waals surface area contributed by atoms with Gasteiger partial charge in [0.15, 0.2) is 0 Å². The molecule has 1 aliphatic carbocycles. The third-order valence-electron chi connectivity index (χ3n) is 3.83. The molecule has 96 valence electrons. The summed E-state index contributed by atoms with van der Waals surface area (Å²) in [5.74, 6) is 0.756. The highest BCUT2D eigenvalue weighted by Crippen LogP contribution is 2.57. The van der Waals surface area contributed by atoms with E-state index >= 15 is 0 Å². The summed E-state index contributed by atoms with van der Waals surface area (Å²) >= 11 is 12.0. The van der Waals surface area contributed by atoms with Crippen LogP contribution in [-0.4, -0.2) is 0 Å². The highest BCUT2D eigenvalue weighted by atomic mass is 79.9. The zero-order chi connectivity index (χ0) is 12.5. The first-order valence-corrected chi connectivity index (χ1v) is 8.59. The molecule has 0 saturated heterocycles. The Morgan fingerprint density at radius 3 is 2.53 bits per heavy atom. The summed E-state index contributed by atoms with van der Waals surface area (Å²) in [4.78, 5) is 1.77. The van der Waals surface area contributed by atoms with Crippen LogP contribution in [0.25, 0.3) is 0 Å². The molecular weight excluding hydrogens is 316 g/mol. The lowest BCUT2D eigenvalue weighted by molar-refractivity contribution is 0.232. The minimum Gasteiger partial charge on any atom is -0.146 e. The summed E-state index contributed by atoms with van der Waals surface area (Å²) in [7, 11) is 0. The molecule has 1 aliphatic rings. The maximum atomic E-state index is 6.29. The van der Waals surface area contributed by atoms with Crippen molar-refractivity contribution in [3.63, 3.8) is 0 Å². The Hall–Kier alpha value is 0.470. The van der Waals surface area contributed by atoms with Gasteiger partial charge in [0.2, 0.25) is 0 Å². The molecule has 0 aromatic carbocycles. The van der Waals surface area contributed by atoms with E-state index in [0.717, 1.165) is 10.9 Å². The van der Waals surface area contributed by atoms with Gasteiger partial charge in [0.25, 0.3) is 0 Å². The topological polar surface area (TPSA) is 0 Å². The first-order chi connectivity index (χ1) is 8.05. The van der Waals surface area contributed by atoms with E-state index in [1.54, 1.807) is 11.3 Å². The number of thiophene rings is 1. The van der Waals surface area contributed by atoms with E-state index in [-0.39, 0.29) is 0 Å². The van der Waals surface area contributed by atoms with Crippen LogP contribution in [0, 0.1) is 11.3 Å². The first-order valence-electron chi connectivity index (χ1n) is 6.42. The number of halogens is 2. The SMILES string of the molecule is CC(C)CC1(C(Br)c2sccc2Cl)CCCC1. The molecule has 1 saturated carbocycles. The van der Waals surface area contributed by atoms with E-state index in [4.69, 9.17) is 11.6 Å². The zero-order valence-corrected chi connectivity index (χ0v) is 13.7. The molecule has 1 fully saturated rings. The average Bonchev–Trinajstić information content (AvgIpc) is 2.86. The molecule has 17 heavy (non-hydrogen) atoms. The molecule has 0 amide bonds. The minimum absolute atomic E-state index is 0.433. The molecule has 0 aliphatic heterocycles. The third kappa shape index (κ3) is 2.90. The molecule has 0 nitrogen and oxygen atoms in total. The molecule has 1 atom stereocenters. The van der Waals surface area contributed by atoms with E-state index < -0.39 is 0 Å². The molecule has 1 unspecified atom stereocenters. The van der Waals surface area contributed by atoms with Crippen molar-refractivity contribution in [1.82, 2.24) is 0 Å². The number of alkyl halides is 1. The quantitative estimate of drug-likeness (QED) is 0.555. The monoisotopic (exact) mass is 334 g/mol. The fourth-order valence-electron chi connectivity index (χ4n) is 3.22. The molecule has 1 heterocycles. The number of rotatable bonds is 4. The molecule has 0 spiro atoms. The van der Waals surface area contributed by atoms with E-state index in [2.05, 4.69) is 35.2 Å². The van der Waals surface area contributed by atoms with Crippen molar-refractivity contribution in [2.45, 2.75) is 50.8 Å². The largest absolute Gasteiger partial charge is 0.146 e. The summed E-state index contributed by atoms with van der Waals surface area (Å²) in [6.45, 7) is 4.66. The molecule has 0 N–H and O–H groups in total. The third-order valence-corrected chi connectivity index (χ3v) is 6.98. The van der Waals surface area contributed by atoms with Crippen molar-refractivity contribution < 1.29 is 0 Å². The Balaban J connectivity index is 2.24. The van der Waals surface area contributed by atoms with Crippen LogP contribution in [0.4, 0.5) is 0 Å². The highest BCUT2D eigenvalue weighted by Gasteiger charge is 2.42. The van der Waals surface area contributed by atoms with E-state index in [0.29, 0.717) is 10.2 Å². The van der Waals surface area contributed by atoms with E-state index in [1.807, 2.05) is 6.07 Å². The van der Waals surface area contributed by atoms with Crippen LogP contribution in [0.5, 0.6) is 0 Å². The van der Waals surface area contributed by atoms with Crippen LogP contribution >= 0.6 is 38.9 Å². The van der Waals surface area contributed by atoms with Crippen molar-refractivity contribution in [2.75, 3.05) is 0 Å². The van der Waals surface area contributed by atoms with Gasteiger partial charge in [-0.15, -0.1) is 11.3 Å². The maximum absolute atomic E-state index is 6.29. The second-order valence-electron chi connectivity index (χ2n) is 5.66. The molecule has 0 bridgehead atoms. The van der Waals surface area contributed by atoms with Gasteiger partial charge in [0.1, 0.15) is 0 Å². The van der Waals surface area contributed by atoms with Gasteiger partial charge < -0.3 is 0 Å². The summed E-state index contributed by atoms with van der Waals surface area (Å²) in [5.41, 5.74) is 0.433. The van der Waals surface area contributed by atoms with E-state index in [1.165, 1.54) is 37.0 Å². The van der Waals surface area contributed by atoms with Gasteiger partial charge >= 0.3 is 0 Å². The van der Waals surface area contributed by atoms with Crippen LogP contribution in [0.3, 0.4) is 0 Å². The van der Waals surface area contributed by atoms with Crippen LogP contribution in [0.1, 0.15) is 55.7 Å². The van der Waals surface area contributed by atoms with Crippen molar-refractivity contribution in [3.8, 4) is 0 Å². The lowest BCUT2D eigenvalue weighted by atomic mass is 9.75. The fraction of sp³-hybridized carbons (Fsp3) is 0.714. The van der Waals surface area contributed by atoms with Crippen LogP contribution in [0.2, 0.25) is 5.02 Å². The van der Waals surface area contributed by atoms with Crippen LogP contribution < -0.4 is 0 Å². The Bertz CT molecular complexity index is 366. The predicted octanol–water partition coefficient (Wildman–Crippen LogP) is 6.44. The molecule has 3 heteroatoms. The zero-order valence-electron chi connectivity index (χ0n) is 10.5. The van der Waals surface area contributed by atoms with Gasteiger partial charge in [0.05, 0.1) is 9.85 Å². The van der Waals surface area contributed by atoms with Crippen molar-refractivity contribution in [3.05, 3.63) is 21.3 Å². The second-order valence-corrected chi connectivity index (χ2v) is 7.93. The van der Waals surface area contributed by atoms with Gasteiger partial charge in [-0.1, -0.05) is 54.2 Å². The van der Waals surface area contributed by atoms with Crippen LogP contribution in [-0.2, 0) is 0 Å². The number of hydrogen-bond acceptors (Lipinski definition) is 1. The summed E-state index contributed by atoms with van der Waals surface area (Å²) in [5, 5.41) is 3.04. The Kier molecular flexibility index (Phi) is 4.60. The molecule has 1 aromatic rings. The molecule has 1 aromatic heterocycles. The fourth-order valence-corrected chi connectivity index (χ4v) is 5.85. The van der Waals surface area contributed by atoms with Crippen LogP contribution in [0.15, 0.2) is 11.4 Å². The van der Waals surface area contributed by atoms with Gasteiger partial charge in [-0.3, -0.25) is 0 Å². The number of hydrogen-bond donors (Lipinski definition) is 0. The highest BCUT2D eigenvalue weighted by molar-refractivity contribution is 9.09. The van der Waals surface area contributed by atoms with Crippen molar-refractivity contribution in [2.24, 2.45) is 11.3 Å². The standard InChI is InChI=1S/C14H20BrClS/c1-10(2)9-14(6-3-4-7-14)13(15)12-11(16)5-8-17-12/h5,8,10,13H,3-4,6-7,9H2,1-2H3. The lowest BCUT2D eigenvalue weighted by Crippen LogP contribution is -2.24. The van der Waals surface area contributed by atoms with E-state index in [9.17, 15) is 0 Å². The lowest BCUT2D eigenvalue weighted by Gasteiger charge is -2.35. The summed E-state index contributed by atoms with van der Waals surface area (Å²) in [6, 6.07) is 2.02. The Morgan fingerprint density at radius 2 is 2.06 bits per heavy atom. The van der Waals surface area contributed by atoms with Gasteiger partial charge in [-0.25, -0.2) is 0 Å². The Labute approximate surface area is 122 Å². The molecule has 2 rings (SSSR count). The minimum atomic E-state index is 0.433. The smallest absolute Gasteiger partial charge is 0.0560 e. The maximum Gasteiger partial charge on any atom is 0.0560 e. The molecule has 0 radical (unpaired) electrons.